The second-order valence-corrected chi connectivity index (χ2v) is 14.5. The normalized spacial score (nSPS) is 18.9. The van der Waals surface area contributed by atoms with Gasteiger partial charge in [-0.3, -0.25) is 0 Å². The van der Waals surface area contributed by atoms with E-state index in [0.717, 1.165) is 0 Å². The van der Waals surface area contributed by atoms with Gasteiger partial charge < -0.3 is 0 Å². The third-order valence-corrected chi connectivity index (χ3v) is 9.94. The minimum atomic E-state index is -1.63. The third-order valence-electron chi connectivity index (χ3n) is 3.35. The molecule has 0 aromatic carbocycles. The summed E-state index contributed by atoms with van der Waals surface area (Å²) in [6, 6.07) is 0. The summed E-state index contributed by atoms with van der Waals surface area (Å²) in [6.07, 6.45) is 10.6. The fraction of sp³-hybridized carbons (Fsp3) is 0.714. The Kier molecular flexibility index (Phi) is 5.18. The van der Waals surface area contributed by atoms with Crippen LogP contribution < -0.4 is 0 Å². The summed E-state index contributed by atoms with van der Waals surface area (Å²) < 4.78 is 1.84. The molecule has 0 fully saturated rings. The summed E-state index contributed by atoms with van der Waals surface area (Å²) in [5.41, 5.74) is 1.66. The first-order chi connectivity index (χ1) is 7.10. The van der Waals surface area contributed by atoms with E-state index in [4.69, 9.17) is 0 Å². The van der Waals surface area contributed by atoms with Crippen LogP contribution in [0.15, 0.2) is 21.0 Å². The SMILES string of the molecule is CCCCC1=[CH][Ge]([CH3])([CH3])[C](CCCC)=C1. The maximum absolute atomic E-state index is 2.67. The van der Waals surface area contributed by atoms with E-state index in [2.05, 4.69) is 36.3 Å². The van der Waals surface area contributed by atoms with E-state index >= 15 is 0 Å². The summed E-state index contributed by atoms with van der Waals surface area (Å²) in [7, 11) is 0. The summed E-state index contributed by atoms with van der Waals surface area (Å²) in [5, 5.41) is 0. The molecule has 1 aliphatic heterocycles. The van der Waals surface area contributed by atoms with Gasteiger partial charge in [0.15, 0.2) is 0 Å². The second-order valence-electron chi connectivity index (χ2n) is 5.32. The molecule has 1 heteroatoms. The van der Waals surface area contributed by atoms with Crippen molar-refractivity contribution in [2.45, 2.75) is 63.9 Å². The predicted molar refractivity (Wildman–Crippen MR) is 72.7 cm³/mol. The standard InChI is InChI=1S/C14H26Ge/c1-5-7-9-13-11-14(10-8-6-2)15(3,4)12-13/h11-12H,5-10H2,1-4H3. The van der Waals surface area contributed by atoms with E-state index in [1.807, 2.05) is 4.41 Å². The molecule has 0 aliphatic carbocycles. The van der Waals surface area contributed by atoms with Gasteiger partial charge >= 0.3 is 98.1 Å². The first-order valence-electron chi connectivity index (χ1n) is 6.53. The number of hydrogen-bond donors (Lipinski definition) is 0. The van der Waals surface area contributed by atoms with Gasteiger partial charge in [-0.25, -0.2) is 0 Å². The molecule has 1 aliphatic rings. The van der Waals surface area contributed by atoms with Crippen LogP contribution in [0.2, 0.25) is 11.5 Å². The van der Waals surface area contributed by atoms with Gasteiger partial charge in [0.25, 0.3) is 0 Å². The van der Waals surface area contributed by atoms with Gasteiger partial charge in [-0.1, -0.05) is 0 Å². The van der Waals surface area contributed by atoms with Gasteiger partial charge in [0.05, 0.1) is 0 Å². The van der Waals surface area contributed by atoms with Crippen molar-refractivity contribution in [2.75, 3.05) is 0 Å². The maximum atomic E-state index is 2.67. The molecule has 86 valence electrons. The molecule has 0 spiro atoms. The Balaban J connectivity index is 2.58. The van der Waals surface area contributed by atoms with Gasteiger partial charge in [0.1, 0.15) is 0 Å². The van der Waals surface area contributed by atoms with Gasteiger partial charge in [0.2, 0.25) is 0 Å². The average molecular weight is 267 g/mol. The summed E-state index contributed by atoms with van der Waals surface area (Å²) in [5.74, 6) is 5.08. The molecule has 0 saturated carbocycles. The fourth-order valence-electron chi connectivity index (χ4n) is 2.29. The minimum absolute atomic E-state index is 1.32. The molecular formula is C14H26Ge. The van der Waals surface area contributed by atoms with Crippen LogP contribution in [-0.4, -0.2) is 13.3 Å². The Hall–Kier alpha value is 0.0229. The van der Waals surface area contributed by atoms with Crippen LogP contribution in [0.1, 0.15) is 52.4 Å². The van der Waals surface area contributed by atoms with Crippen molar-refractivity contribution in [3.05, 3.63) is 21.0 Å². The predicted octanol–water partition coefficient (Wildman–Crippen LogP) is 5.02. The first-order valence-corrected chi connectivity index (χ1v) is 13.0. The van der Waals surface area contributed by atoms with Crippen molar-refractivity contribution >= 4 is 13.3 Å². The molecular weight excluding hydrogens is 241 g/mol. The Morgan fingerprint density at radius 1 is 1.00 bits per heavy atom. The number of hydrogen-bond acceptors (Lipinski definition) is 0. The molecule has 0 unspecified atom stereocenters. The Labute approximate surface area is 98.2 Å². The zero-order chi connectivity index (χ0) is 11.3. The number of rotatable bonds is 6. The molecule has 0 aromatic rings. The average Bonchev–Trinajstić information content (AvgIpc) is 2.47. The molecule has 1 heterocycles. The molecule has 0 N–H and O–H groups in total. The summed E-state index contributed by atoms with van der Waals surface area (Å²) in [4.78, 5) is 2.67. The Morgan fingerprint density at radius 3 is 2.20 bits per heavy atom. The molecule has 0 radical (unpaired) electrons. The van der Waals surface area contributed by atoms with Crippen LogP contribution in [-0.2, 0) is 0 Å². The molecule has 15 heavy (non-hydrogen) atoms. The van der Waals surface area contributed by atoms with Crippen molar-refractivity contribution in [3.63, 3.8) is 0 Å². The van der Waals surface area contributed by atoms with Crippen LogP contribution in [0.25, 0.3) is 0 Å². The van der Waals surface area contributed by atoms with Crippen molar-refractivity contribution in [3.8, 4) is 0 Å². The van der Waals surface area contributed by atoms with Gasteiger partial charge in [-0.05, 0) is 0 Å². The molecule has 0 aromatic heterocycles. The van der Waals surface area contributed by atoms with Crippen molar-refractivity contribution in [1.82, 2.24) is 0 Å². The molecule has 0 atom stereocenters. The van der Waals surface area contributed by atoms with Crippen LogP contribution in [0, 0.1) is 0 Å². The molecule has 1 rings (SSSR count). The third kappa shape index (κ3) is 3.82. The van der Waals surface area contributed by atoms with Crippen molar-refractivity contribution in [1.29, 1.82) is 0 Å². The zero-order valence-electron chi connectivity index (χ0n) is 10.9. The van der Waals surface area contributed by atoms with Crippen LogP contribution >= 0.6 is 0 Å². The van der Waals surface area contributed by atoms with Crippen molar-refractivity contribution < 1.29 is 0 Å². The monoisotopic (exact) mass is 268 g/mol. The Bertz CT molecular complexity index is 259. The second kappa shape index (κ2) is 5.93. The van der Waals surface area contributed by atoms with Gasteiger partial charge in [-0.15, -0.1) is 0 Å². The van der Waals surface area contributed by atoms with E-state index in [0.29, 0.717) is 0 Å². The van der Waals surface area contributed by atoms with Gasteiger partial charge in [0, 0.05) is 0 Å². The number of allylic oxidation sites excluding steroid dienone is 3. The van der Waals surface area contributed by atoms with Crippen LogP contribution in [0.3, 0.4) is 0 Å². The molecule has 0 nitrogen and oxygen atoms in total. The van der Waals surface area contributed by atoms with E-state index < -0.39 is 13.3 Å². The van der Waals surface area contributed by atoms with E-state index in [1.165, 1.54) is 38.5 Å². The molecule has 0 amide bonds. The van der Waals surface area contributed by atoms with Gasteiger partial charge in [-0.2, -0.15) is 0 Å². The van der Waals surface area contributed by atoms with Crippen molar-refractivity contribution in [2.24, 2.45) is 0 Å². The number of unbranched alkanes of at least 4 members (excludes halogenated alkanes) is 2. The topological polar surface area (TPSA) is 0 Å². The molecule has 0 bridgehead atoms. The Morgan fingerprint density at radius 2 is 1.60 bits per heavy atom. The quantitative estimate of drug-likeness (QED) is 0.592. The summed E-state index contributed by atoms with van der Waals surface area (Å²) in [6.45, 7) is 4.57. The zero-order valence-corrected chi connectivity index (χ0v) is 13.0. The summed E-state index contributed by atoms with van der Waals surface area (Å²) >= 11 is -1.63. The van der Waals surface area contributed by atoms with E-state index in [1.54, 1.807) is 5.57 Å². The molecule has 0 saturated heterocycles. The first kappa shape index (κ1) is 13.1. The van der Waals surface area contributed by atoms with Crippen LogP contribution in [0.4, 0.5) is 0 Å². The van der Waals surface area contributed by atoms with E-state index in [9.17, 15) is 0 Å². The van der Waals surface area contributed by atoms with E-state index in [-0.39, 0.29) is 0 Å². The van der Waals surface area contributed by atoms with Crippen LogP contribution in [0.5, 0.6) is 0 Å². The fourth-order valence-corrected chi connectivity index (χ4v) is 8.00.